The van der Waals surface area contributed by atoms with Crippen molar-refractivity contribution in [2.75, 3.05) is 18.8 Å². The van der Waals surface area contributed by atoms with E-state index < -0.39 is 0 Å². The van der Waals surface area contributed by atoms with Crippen LogP contribution in [0.3, 0.4) is 0 Å². The molecule has 3 aromatic heterocycles. The Kier molecular flexibility index (Phi) is 4.55. The van der Waals surface area contributed by atoms with Gasteiger partial charge in [0.1, 0.15) is 0 Å². The average Bonchev–Trinajstić information content (AvgIpc) is 3.38. The van der Waals surface area contributed by atoms with E-state index in [0.29, 0.717) is 11.7 Å². The number of hydrogen-bond donors (Lipinski definition) is 2. The number of thiophene rings is 1. The number of halogens is 1. The first kappa shape index (κ1) is 17.7. The molecule has 0 amide bonds. The van der Waals surface area contributed by atoms with Crippen molar-refractivity contribution in [1.29, 1.82) is 0 Å². The van der Waals surface area contributed by atoms with Crippen LogP contribution in [-0.2, 0) is 0 Å². The van der Waals surface area contributed by atoms with E-state index in [1.54, 1.807) is 11.3 Å². The number of nitrogens with one attached hydrogen (secondary N) is 1. The number of nitrogens with zero attached hydrogens (tertiary/aromatic N) is 3. The van der Waals surface area contributed by atoms with Gasteiger partial charge in [0.25, 0.3) is 0 Å². The number of imidazole rings is 1. The van der Waals surface area contributed by atoms with Gasteiger partial charge in [-0.1, -0.05) is 23.7 Å². The molecule has 0 bridgehead atoms. The average molecular weight is 410 g/mol. The lowest BCUT2D eigenvalue weighted by atomic mass is 9.97. The van der Waals surface area contributed by atoms with Crippen LogP contribution in [0.1, 0.15) is 24.5 Å². The Morgan fingerprint density at radius 3 is 2.86 bits per heavy atom. The van der Waals surface area contributed by atoms with Crippen molar-refractivity contribution in [3.8, 4) is 21.7 Å². The third-order valence-corrected chi connectivity index (χ3v) is 6.49. The molecule has 142 valence electrons. The molecule has 0 saturated carbocycles. The maximum atomic E-state index is 6.14. The van der Waals surface area contributed by atoms with E-state index in [1.807, 2.05) is 30.5 Å². The van der Waals surface area contributed by atoms with Crippen molar-refractivity contribution >= 4 is 34.4 Å². The van der Waals surface area contributed by atoms with E-state index in [2.05, 4.69) is 32.3 Å². The molecular weight excluding hydrogens is 390 g/mol. The molecule has 4 heterocycles. The van der Waals surface area contributed by atoms with Gasteiger partial charge in [-0.3, -0.25) is 4.40 Å². The Morgan fingerprint density at radius 2 is 2.07 bits per heavy atom. The van der Waals surface area contributed by atoms with E-state index in [0.717, 1.165) is 52.0 Å². The predicted octanol–water partition coefficient (Wildman–Crippen LogP) is 4.83. The van der Waals surface area contributed by atoms with Crippen molar-refractivity contribution in [2.24, 2.45) is 0 Å². The van der Waals surface area contributed by atoms with Crippen LogP contribution in [-0.4, -0.2) is 27.5 Å². The number of anilines is 1. The SMILES string of the molecule is Nc1ncc(-c2cc(-c3ccc(Cl)cc3)cs2)n2cc(C3CCCNC3)nc12. The van der Waals surface area contributed by atoms with Gasteiger partial charge in [-0.05, 0) is 54.1 Å². The van der Waals surface area contributed by atoms with Crippen molar-refractivity contribution in [1.82, 2.24) is 19.7 Å². The minimum atomic E-state index is 0.425. The molecule has 5 nitrogen and oxygen atoms in total. The highest BCUT2D eigenvalue weighted by molar-refractivity contribution is 7.14. The number of aromatic nitrogens is 3. The third kappa shape index (κ3) is 3.17. The molecule has 1 aromatic carbocycles. The molecule has 3 N–H and O–H groups in total. The first-order chi connectivity index (χ1) is 13.7. The van der Waals surface area contributed by atoms with Crippen LogP contribution in [0, 0.1) is 0 Å². The molecule has 1 aliphatic heterocycles. The number of fused-ring (bicyclic) bond motifs is 1. The quantitative estimate of drug-likeness (QED) is 0.508. The predicted molar refractivity (Wildman–Crippen MR) is 116 cm³/mol. The maximum absolute atomic E-state index is 6.14. The highest BCUT2D eigenvalue weighted by atomic mass is 35.5. The van der Waals surface area contributed by atoms with E-state index in [-0.39, 0.29) is 0 Å². The van der Waals surface area contributed by atoms with Crippen LogP contribution < -0.4 is 11.1 Å². The number of piperidine rings is 1. The number of nitrogens with two attached hydrogens (primary N) is 1. The summed E-state index contributed by atoms with van der Waals surface area (Å²) in [5, 5.41) is 6.36. The van der Waals surface area contributed by atoms with Crippen LogP contribution in [0.5, 0.6) is 0 Å². The summed E-state index contributed by atoms with van der Waals surface area (Å²) in [5.74, 6) is 0.891. The van der Waals surface area contributed by atoms with Gasteiger partial charge in [0.05, 0.1) is 22.5 Å². The molecule has 1 unspecified atom stereocenters. The number of hydrogen-bond acceptors (Lipinski definition) is 5. The van der Waals surface area contributed by atoms with Crippen molar-refractivity contribution < 1.29 is 0 Å². The number of rotatable bonds is 3. The van der Waals surface area contributed by atoms with Crippen LogP contribution in [0.25, 0.3) is 27.3 Å². The molecule has 5 rings (SSSR count). The Morgan fingerprint density at radius 1 is 1.21 bits per heavy atom. The van der Waals surface area contributed by atoms with Crippen molar-refractivity contribution in [3.63, 3.8) is 0 Å². The summed E-state index contributed by atoms with van der Waals surface area (Å²) >= 11 is 7.71. The number of nitrogen functional groups attached to an aromatic ring is 1. The Labute approximate surface area is 172 Å². The van der Waals surface area contributed by atoms with E-state index >= 15 is 0 Å². The first-order valence-corrected chi connectivity index (χ1v) is 10.6. The van der Waals surface area contributed by atoms with Gasteiger partial charge < -0.3 is 11.1 Å². The fourth-order valence-electron chi connectivity index (χ4n) is 3.76. The second-order valence-electron chi connectivity index (χ2n) is 7.14. The molecule has 0 radical (unpaired) electrons. The summed E-state index contributed by atoms with van der Waals surface area (Å²) in [5.41, 5.74) is 11.3. The molecule has 1 fully saturated rings. The molecule has 1 saturated heterocycles. The summed E-state index contributed by atoms with van der Waals surface area (Å²) in [6.45, 7) is 2.05. The zero-order valence-corrected chi connectivity index (χ0v) is 16.8. The minimum absolute atomic E-state index is 0.425. The van der Waals surface area contributed by atoms with Crippen molar-refractivity contribution in [2.45, 2.75) is 18.8 Å². The first-order valence-electron chi connectivity index (χ1n) is 9.38. The summed E-state index contributed by atoms with van der Waals surface area (Å²) in [7, 11) is 0. The zero-order chi connectivity index (χ0) is 19.1. The highest BCUT2D eigenvalue weighted by Gasteiger charge is 2.20. The van der Waals surface area contributed by atoms with Gasteiger partial charge in [0, 0.05) is 23.7 Å². The van der Waals surface area contributed by atoms with Gasteiger partial charge in [0.15, 0.2) is 11.5 Å². The van der Waals surface area contributed by atoms with Gasteiger partial charge in [-0.25, -0.2) is 9.97 Å². The fourth-order valence-corrected chi connectivity index (χ4v) is 4.81. The van der Waals surface area contributed by atoms with Gasteiger partial charge in [-0.2, -0.15) is 0 Å². The smallest absolute Gasteiger partial charge is 0.180 e. The van der Waals surface area contributed by atoms with Crippen LogP contribution in [0.2, 0.25) is 5.02 Å². The molecule has 0 spiro atoms. The van der Waals surface area contributed by atoms with Crippen molar-refractivity contribution in [3.05, 3.63) is 58.8 Å². The van der Waals surface area contributed by atoms with Gasteiger partial charge in [-0.15, -0.1) is 11.3 Å². The van der Waals surface area contributed by atoms with Gasteiger partial charge in [0.2, 0.25) is 0 Å². The highest BCUT2D eigenvalue weighted by Crippen LogP contribution is 2.34. The second-order valence-corrected chi connectivity index (χ2v) is 8.49. The van der Waals surface area contributed by atoms with E-state index in [4.69, 9.17) is 22.3 Å². The lowest BCUT2D eigenvalue weighted by molar-refractivity contribution is 0.456. The molecule has 1 atom stereocenters. The Bertz CT molecular complexity index is 1130. The summed E-state index contributed by atoms with van der Waals surface area (Å²) in [4.78, 5) is 10.4. The second kappa shape index (κ2) is 7.20. The molecule has 4 aromatic rings. The zero-order valence-electron chi connectivity index (χ0n) is 15.2. The van der Waals surface area contributed by atoms with Crippen LogP contribution >= 0.6 is 22.9 Å². The standard InChI is InChI=1S/C21H20ClN5S/c22-16-5-3-13(4-6-16)15-8-19(28-12-15)18-10-25-20(23)21-26-17(11-27(18)21)14-2-1-7-24-9-14/h3-6,8,10-12,14,24H,1-2,7,9H2,(H2,23,25). The fraction of sp³-hybridized carbons (Fsp3) is 0.238. The molecule has 0 aliphatic carbocycles. The molecule has 7 heteroatoms. The van der Waals surface area contributed by atoms with Crippen LogP contribution in [0.4, 0.5) is 5.82 Å². The Balaban J connectivity index is 1.56. The lowest BCUT2D eigenvalue weighted by Crippen LogP contribution is -2.28. The molecule has 1 aliphatic rings. The summed E-state index contributed by atoms with van der Waals surface area (Å²) in [6, 6.07) is 10.1. The summed E-state index contributed by atoms with van der Waals surface area (Å²) < 4.78 is 2.09. The molecular formula is C21H20ClN5S. The topological polar surface area (TPSA) is 68.2 Å². The van der Waals surface area contributed by atoms with Gasteiger partial charge >= 0.3 is 0 Å². The molecule has 28 heavy (non-hydrogen) atoms. The Hall–Kier alpha value is -2.41. The summed E-state index contributed by atoms with van der Waals surface area (Å²) in [6.07, 6.45) is 6.29. The number of benzene rings is 1. The maximum Gasteiger partial charge on any atom is 0.180 e. The third-order valence-electron chi connectivity index (χ3n) is 5.28. The normalized spacial score (nSPS) is 17.2. The van der Waals surface area contributed by atoms with E-state index in [9.17, 15) is 0 Å². The lowest BCUT2D eigenvalue weighted by Gasteiger charge is -2.20. The largest absolute Gasteiger partial charge is 0.381 e. The minimum Gasteiger partial charge on any atom is -0.381 e. The van der Waals surface area contributed by atoms with Crippen LogP contribution in [0.15, 0.2) is 48.1 Å². The monoisotopic (exact) mass is 409 g/mol. The van der Waals surface area contributed by atoms with E-state index in [1.165, 1.54) is 12.0 Å².